The van der Waals surface area contributed by atoms with Crippen molar-refractivity contribution in [3.8, 4) is 0 Å². The van der Waals surface area contributed by atoms with Gasteiger partial charge in [-0.05, 0) is 30.3 Å². The normalized spacial score (nSPS) is 10.8. The number of thiocarbonyl (C=S) groups is 1. The van der Waals surface area contributed by atoms with Gasteiger partial charge in [0.2, 0.25) is 0 Å². The van der Waals surface area contributed by atoms with Crippen molar-refractivity contribution in [1.82, 2.24) is 4.90 Å². The maximum absolute atomic E-state index is 13.0. The average Bonchev–Trinajstić information content (AvgIpc) is 2.21. The second-order valence-corrected chi connectivity index (χ2v) is 4.44. The first-order chi connectivity index (χ1) is 7.52. The minimum atomic E-state index is -0.286. The summed E-state index contributed by atoms with van der Waals surface area (Å²) >= 11 is 10.8. The first-order valence-electron chi connectivity index (χ1n) is 4.97. The number of nitrogens with zero attached hydrogens (tertiary/aromatic N) is 1. The molecular formula is C11H14ClFN2S. The first-order valence-corrected chi connectivity index (χ1v) is 5.76. The highest BCUT2D eigenvalue weighted by molar-refractivity contribution is 7.80. The van der Waals surface area contributed by atoms with E-state index >= 15 is 0 Å². The second kappa shape index (κ2) is 6.13. The van der Waals surface area contributed by atoms with Gasteiger partial charge in [0.1, 0.15) is 5.82 Å². The third kappa shape index (κ3) is 4.04. The van der Waals surface area contributed by atoms with Crippen molar-refractivity contribution in [2.75, 3.05) is 13.1 Å². The summed E-state index contributed by atoms with van der Waals surface area (Å²) in [6.45, 7) is 3.83. The molecule has 5 heteroatoms. The van der Waals surface area contributed by atoms with Crippen LogP contribution >= 0.6 is 23.8 Å². The molecule has 2 nitrogen and oxygen atoms in total. The van der Waals surface area contributed by atoms with Gasteiger partial charge >= 0.3 is 0 Å². The average molecular weight is 261 g/mol. The van der Waals surface area contributed by atoms with Gasteiger partial charge in [0.25, 0.3) is 0 Å². The van der Waals surface area contributed by atoms with E-state index in [0.29, 0.717) is 23.1 Å². The van der Waals surface area contributed by atoms with Gasteiger partial charge in [0, 0.05) is 18.1 Å². The number of likely N-dealkylation sites (N-methyl/N-ethyl adjacent to an activating group) is 1. The molecule has 1 rings (SSSR count). The molecule has 0 saturated heterocycles. The molecule has 0 spiro atoms. The van der Waals surface area contributed by atoms with Crippen molar-refractivity contribution in [1.29, 1.82) is 0 Å². The Labute approximate surface area is 105 Å². The van der Waals surface area contributed by atoms with E-state index in [2.05, 4.69) is 0 Å². The maximum Gasteiger partial charge on any atom is 0.123 e. The predicted molar refractivity (Wildman–Crippen MR) is 69.1 cm³/mol. The van der Waals surface area contributed by atoms with Crippen LogP contribution < -0.4 is 5.73 Å². The van der Waals surface area contributed by atoms with Crippen molar-refractivity contribution in [3.63, 3.8) is 0 Å². The molecule has 0 bridgehead atoms. The zero-order chi connectivity index (χ0) is 12.1. The molecule has 0 aliphatic rings. The van der Waals surface area contributed by atoms with Crippen molar-refractivity contribution in [2.45, 2.75) is 13.5 Å². The summed E-state index contributed by atoms with van der Waals surface area (Å²) in [4.78, 5) is 2.43. The lowest BCUT2D eigenvalue weighted by Gasteiger charge is -2.20. The van der Waals surface area contributed by atoms with Crippen LogP contribution in [-0.4, -0.2) is 23.0 Å². The summed E-state index contributed by atoms with van der Waals surface area (Å²) in [5.74, 6) is -0.286. The third-order valence-corrected chi connectivity index (χ3v) is 2.73. The van der Waals surface area contributed by atoms with Crippen molar-refractivity contribution < 1.29 is 4.39 Å². The zero-order valence-corrected chi connectivity index (χ0v) is 10.6. The summed E-state index contributed by atoms with van der Waals surface area (Å²) < 4.78 is 13.0. The van der Waals surface area contributed by atoms with Crippen molar-refractivity contribution in [2.24, 2.45) is 5.73 Å². The van der Waals surface area contributed by atoms with Gasteiger partial charge in [-0.15, -0.1) is 0 Å². The van der Waals surface area contributed by atoms with E-state index in [1.165, 1.54) is 12.1 Å². The fraction of sp³-hybridized carbons (Fsp3) is 0.364. The van der Waals surface area contributed by atoms with Gasteiger partial charge in [-0.3, -0.25) is 4.90 Å². The van der Waals surface area contributed by atoms with Gasteiger partial charge in [0.05, 0.1) is 4.99 Å². The lowest BCUT2D eigenvalue weighted by atomic mass is 10.2. The minimum absolute atomic E-state index is 0.286. The summed E-state index contributed by atoms with van der Waals surface area (Å²) in [7, 11) is 0. The maximum atomic E-state index is 13.0. The Morgan fingerprint density at radius 1 is 1.56 bits per heavy atom. The summed E-state index contributed by atoms with van der Waals surface area (Å²) in [5, 5.41) is 0.558. The monoisotopic (exact) mass is 260 g/mol. The third-order valence-electron chi connectivity index (χ3n) is 2.23. The topological polar surface area (TPSA) is 29.3 Å². The van der Waals surface area contributed by atoms with E-state index in [1.807, 2.05) is 11.8 Å². The fourth-order valence-electron chi connectivity index (χ4n) is 1.41. The van der Waals surface area contributed by atoms with E-state index in [4.69, 9.17) is 29.6 Å². The SMILES string of the molecule is CCN(CC(N)=S)Cc1cc(F)ccc1Cl. The van der Waals surface area contributed by atoms with Crippen molar-refractivity contribution in [3.05, 3.63) is 34.6 Å². The van der Waals surface area contributed by atoms with E-state index in [9.17, 15) is 4.39 Å². The molecule has 0 fully saturated rings. The number of halogens is 2. The van der Waals surface area contributed by atoms with Gasteiger partial charge in [-0.25, -0.2) is 4.39 Å². The Hall–Kier alpha value is -0.710. The molecule has 0 aliphatic heterocycles. The van der Waals surface area contributed by atoms with Crippen LogP contribution in [0.3, 0.4) is 0 Å². The Bertz CT molecular complexity index is 384. The van der Waals surface area contributed by atoms with E-state index < -0.39 is 0 Å². The Balaban J connectivity index is 2.77. The van der Waals surface area contributed by atoms with Crippen LogP contribution in [0.4, 0.5) is 4.39 Å². The Morgan fingerprint density at radius 2 is 2.25 bits per heavy atom. The van der Waals surface area contributed by atoms with Crippen LogP contribution in [0.25, 0.3) is 0 Å². The summed E-state index contributed by atoms with van der Waals surface area (Å²) in [6.07, 6.45) is 0. The van der Waals surface area contributed by atoms with E-state index in [0.717, 1.165) is 12.1 Å². The number of nitrogens with two attached hydrogens (primary N) is 1. The van der Waals surface area contributed by atoms with E-state index in [-0.39, 0.29) is 5.82 Å². The predicted octanol–water partition coefficient (Wildman–Crippen LogP) is 2.59. The number of hydrogen-bond donors (Lipinski definition) is 1. The minimum Gasteiger partial charge on any atom is -0.392 e. The number of rotatable bonds is 5. The van der Waals surface area contributed by atoms with Gasteiger partial charge in [0.15, 0.2) is 0 Å². The van der Waals surface area contributed by atoms with Crippen LogP contribution in [0.5, 0.6) is 0 Å². The molecular weight excluding hydrogens is 247 g/mol. The summed E-state index contributed by atoms with van der Waals surface area (Å²) in [5.41, 5.74) is 6.22. The standard InChI is InChI=1S/C11H14ClFN2S/c1-2-15(7-11(14)16)6-8-5-9(13)3-4-10(8)12/h3-5H,2,6-7H2,1H3,(H2,14,16). The highest BCUT2D eigenvalue weighted by Gasteiger charge is 2.08. The molecule has 2 N–H and O–H groups in total. The molecule has 0 amide bonds. The van der Waals surface area contributed by atoms with Gasteiger partial charge < -0.3 is 5.73 Å². The molecule has 1 aromatic rings. The summed E-state index contributed by atoms with van der Waals surface area (Å²) in [6, 6.07) is 4.33. The molecule has 0 heterocycles. The highest BCUT2D eigenvalue weighted by atomic mass is 35.5. The quantitative estimate of drug-likeness (QED) is 0.826. The Kier molecular flexibility index (Phi) is 5.12. The largest absolute Gasteiger partial charge is 0.392 e. The second-order valence-electron chi connectivity index (χ2n) is 3.51. The first kappa shape index (κ1) is 13.4. The number of benzene rings is 1. The molecule has 0 aromatic heterocycles. The zero-order valence-electron chi connectivity index (χ0n) is 9.04. The molecule has 1 aromatic carbocycles. The van der Waals surface area contributed by atoms with Crippen molar-refractivity contribution >= 4 is 28.8 Å². The molecule has 88 valence electrons. The van der Waals surface area contributed by atoms with Crippen LogP contribution in [0, 0.1) is 5.82 Å². The lowest BCUT2D eigenvalue weighted by molar-refractivity contribution is 0.320. The smallest absolute Gasteiger partial charge is 0.123 e. The molecule has 0 radical (unpaired) electrons. The Morgan fingerprint density at radius 3 is 2.81 bits per heavy atom. The molecule has 16 heavy (non-hydrogen) atoms. The number of hydrogen-bond acceptors (Lipinski definition) is 2. The molecule has 0 saturated carbocycles. The van der Waals surface area contributed by atoms with Gasteiger partial charge in [-0.1, -0.05) is 30.7 Å². The van der Waals surface area contributed by atoms with Crippen LogP contribution in [0.15, 0.2) is 18.2 Å². The lowest BCUT2D eigenvalue weighted by Crippen LogP contribution is -2.32. The molecule has 0 atom stereocenters. The van der Waals surface area contributed by atoms with Crippen LogP contribution in [0.2, 0.25) is 5.02 Å². The molecule has 0 aliphatic carbocycles. The fourth-order valence-corrected chi connectivity index (χ4v) is 1.77. The van der Waals surface area contributed by atoms with Crippen LogP contribution in [-0.2, 0) is 6.54 Å². The molecule has 0 unspecified atom stereocenters. The van der Waals surface area contributed by atoms with E-state index in [1.54, 1.807) is 6.07 Å². The van der Waals surface area contributed by atoms with Crippen LogP contribution in [0.1, 0.15) is 12.5 Å². The van der Waals surface area contributed by atoms with Gasteiger partial charge in [-0.2, -0.15) is 0 Å². The highest BCUT2D eigenvalue weighted by Crippen LogP contribution is 2.18.